The summed E-state index contributed by atoms with van der Waals surface area (Å²) in [4.78, 5) is 12.4. The van der Waals surface area contributed by atoms with E-state index < -0.39 is 11.9 Å². The Morgan fingerprint density at radius 2 is 1.79 bits per heavy atom. The molecule has 0 amide bonds. The molecule has 124 valence electrons. The quantitative estimate of drug-likeness (QED) is 0.835. The molecule has 0 unspecified atom stereocenters. The van der Waals surface area contributed by atoms with Crippen LogP contribution in [0.2, 0.25) is 0 Å². The maximum Gasteiger partial charge on any atom is 0.246 e. The first-order valence-corrected chi connectivity index (χ1v) is 7.60. The predicted octanol–water partition coefficient (Wildman–Crippen LogP) is 3.31. The van der Waals surface area contributed by atoms with Gasteiger partial charge in [-0.3, -0.25) is 4.79 Å². The highest BCUT2D eigenvalue weighted by atomic mass is 16.7. The van der Waals surface area contributed by atoms with Gasteiger partial charge in [-0.05, 0) is 17.7 Å². The molecule has 6 nitrogen and oxygen atoms in total. The average molecular weight is 328 g/mol. The van der Waals surface area contributed by atoms with E-state index in [0.717, 1.165) is 11.6 Å². The van der Waals surface area contributed by atoms with Crippen molar-refractivity contribution >= 4 is 5.78 Å². The van der Waals surface area contributed by atoms with Gasteiger partial charge in [0.05, 0.1) is 6.42 Å². The SMILES string of the molecule is CC1(C)Oc2ccc([C@@H]3CC(=O)c4c(O)cc(O)cc4O3)cc2O1. The number of fused-ring (bicyclic) bond motifs is 2. The minimum absolute atomic E-state index is 0.0916. The lowest BCUT2D eigenvalue weighted by Crippen LogP contribution is -2.29. The maximum atomic E-state index is 12.4. The summed E-state index contributed by atoms with van der Waals surface area (Å²) < 4.78 is 17.2. The van der Waals surface area contributed by atoms with Crippen LogP contribution in [0.15, 0.2) is 30.3 Å². The minimum atomic E-state index is -0.728. The topological polar surface area (TPSA) is 85.2 Å². The molecule has 2 aromatic rings. The second-order valence-corrected chi connectivity index (χ2v) is 6.38. The molecule has 4 rings (SSSR count). The van der Waals surface area contributed by atoms with E-state index >= 15 is 0 Å². The van der Waals surface area contributed by atoms with E-state index in [1.165, 1.54) is 6.07 Å². The molecule has 0 saturated heterocycles. The Bertz CT molecular complexity index is 855. The van der Waals surface area contributed by atoms with E-state index in [4.69, 9.17) is 14.2 Å². The van der Waals surface area contributed by atoms with Gasteiger partial charge in [0.15, 0.2) is 17.3 Å². The van der Waals surface area contributed by atoms with Crippen molar-refractivity contribution in [2.45, 2.75) is 32.2 Å². The van der Waals surface area contributed by atoms with Gasteiger partial charge in [0.25, 0.3) is 0 Å². The zero-order valence-electron chi connectivity index (χ0n) is 13.2. The van der Waals surface area contributed by atoms with Gasteiger partial charge < -0.3 is 24.4 Å². The summed E-state index contributed by atoms with van der Waals surface area (Å²) >= 11 is 0. The Balaban J connectivity index is 1.69. The van der Waals surface area contributed by atoms with E-state index in [2.05, 4.69) is 0 Å². The zero-order chi connectivity index (χ0) is 17.1. The smallest absolute Gasteiger partial charge is 0.246 e. The standard InChI is InChI=1S/C18H16O6/c1-18(2)23-13-4-3-9(5-15(13)24-18)14-8-12(21)17-11(20)6-10(19)7-16(17)22-14/h3-7,14,19-20H,8H2,1-2H3/t14-/m0/s1. The molecule has 0 bridgehead atoms. The molecule has 0 aliphatic carbocycles. The van der Waals surface area contributed by atoms with Crippen molar-refractivity contribution in [1.29, 1.82) is 0 Å². The van der Waals surface area contributed by atoms with E-state index in [1.54, 1.807) is 12.1 Å². The van der Waals surface area contributed by atoms with Crippen molar-refractivity contribution in [2.24, 2.45) is 0 Å². The third kappa shape index (κ3) is 2.31. The fourth-order valence-electron chi connectivity index (χ4n) is 3.05. The normalized spacial score (nSPS) is 20.4. The first kappa shape index (κ1) is 14.7. The van der Waals surface area contributed by atoms with Gasteiger partial charge in [0.2, 0.25) is 5.79 Å². The number of phenols is 2. The number of carbonyl (C=O) groups excluding carboxylic acids is 1. The van der Waals surface area contributed by atoms with E-state index in [1.807, 2.05) is 19.9 Å². The lowest BCUT2D eigenvalue weighted by Gasteiger charge is -2.26. The van der Waals surface area contributed by atoms with Crippen molar-refractivity contribution in [2.75, 3.05) is 0 Å². The number of phenolic OH excluding ortho intramolecular Hbond substituents is 2. The lowest BCUT2D eigenvalue weighted by atomic mass is 9.95. The Morgan fingerprint density at radius 3 is 2.58 bits per heavy atom. The van der Waals surface area contributed by atoms with Crippen LogP contribution in [0.25, 0.3) is 0 Å². The molecule has 0 aromatic heterocycles. The van der Waals surface area contributed by atoms with Crippen LogP contribution in [-0.2, 0) is 0 Å². The zero-order valence-corrected chi connectivity index (χ0v) is 13.2. The third-order valence-corrected chi connectivity index (χ3v) is 4.04. The van der Waals surface area contributed by atoms with Crippen LogP contribution >= 0.6 is 0 Å². The summed E-state index contributed by atoms with van der Waals surface area (Å²) in [5.41, 5.74) is 0.864. The Morgan fingerprint density at radius 1 is 1.04 bits per heavy atom. The highest BCUT2D eigenvalue weighted by molar-refractivity contribution is 6.02. The average Bonchev–Trinajstić information content (AvgIpc) is 2.78. The highest BCUT2D eigenvalue weighted by Gasteiger charge is 2.34. The number of hydrogen-bond donors (Lipinski definition) is 2. The molecule has 0 spiro atoms. The van der Waals surface area contributed by atoms with Gasteiger partial charge in [0.1, 0.15) is 28.9 Å². The molecule has 0 saturated carbocycles. The number of aromatic hydroxyl groups is 2. The fourth-order valence-corrected chi connectivity index (χ4v) is 3.05. The second-order valence-electron chi connectivity index (χ2n) is 6.38. The molecule has 2 N–H and O–H groups in total. The Hall–Kier alpha value is -2.89. The predicted molar refractivity (Wildman–Crippen MR) is 83.9 cm³/mol. The molecule has 2 aromatic carbocycles. The first-order chi connectivity index (χ1) is 11.3. The maximum absolute atomic E-state index is 12.4. The largest absolute Gasteiger partial charge is 0.508 e. The molecule has 1 atom stereocenters. The Kier molecular flexibility index (Phi) is 2.94. The van der Waals surface area contributed by atoms with Gasteiger partial charge in [-0.15, -0.1) is 0 Å². The van der Waals surface area contributed by atoms with Crippen molar-refractivity contribution in [3.63, 3.8) is 0 Å². The van der Waals surface area contributed by atoms with Crippen LogP contribution in [0.4, 0.5) is 0 Å². The van der Waals surface area contributed by atoms with Crippen molar-refractivity contribution < 1.29 is 29.2 Å². The number of carbonyl (C=O) groups is 1. The van der Waals surface area contributed by atoms with Crippen molar-refractivity contribution in [1.82, 2.24) is 0 Å². The van der Waals surface area contributed by atoms with Crippen LogP contribution < -0.4 is 14.2 Å². The summed E-state index contributed by atoms with van der Waals surface area (Å²) in [6.07, 6.45) is -0.433. The van der Waals surface area contributed by atoms with Crippen LogP contribution in [0.3, 0.4) is 0 Å². The molecular weight excluding hydrogens is 312 g/mol. The van der Waals surface area contributed by atoms with Crippen LogP contribution in [-0.4, -0.2) is 21.8 Å². The second kappa shape index (κ2) is 4.80. The number of ketones is 1. The molecule has 2 heterocycles. The van der Waals surface area contributed by atoms with E-state index in [-0.39, 0.29) is 35.0 Å². The van der Waals surface area contributed by atoms with Gasteiger partial charge in [-0.25, -0.2) is 0 Å². The molecule has 0 radical (unpaired) electrons. The molecule has 2 aliphatic heterocycles. The number of ether oxygens (including phenoxy) is 3. The van der Waals surface area contributed by atoms with Crippen LogP contribution in [0.1, 0.15) is 42.3 Å². The monoisotopic (exact) mass is 328 g/mol. The summed E-state index contributed by atoms with van der Waals surface area (Å²) in [5.74, 6) is 0.00479. The number of hydrogen-bond acceptors (Lipinski definition) is 6. The van der Waals surface area contributed by atoms with Gasteiger partial charge in [-0.1, -0.05) is 6.07 Å². The molecular formula is C18H16O6. The lowest BCUT2D eigenvalue weighted by molar-refractivity contribution is -0.0432. The summed E-state index contributed by atoms with van der Waals surface area (Å²) in [7, 11) is 0. The Labute approximate surface area is 138 Å². The van der Waals surface area contributed by atoms with Crippen molar-refractivity contribution in [3.8, 4) is 28.7 Å². The first-order valence-electron chi connectivity index (χ1n) is 7.60. The van der Waals surface area contributed by atoms with Gasteiger partial charge >= 0.3 is 0 Å². The summed E-state index contributed by atoms with van der Waals surface area (Å²) in [6, 6.07) is 7.84. The minimum Gasteiger partial charge on any atom is -0.508 e. The van der Waals surface area contributed by atoms with Crippen LogP contribution in [0, 0.1) is 0 Å². The fraction of sp³-hybridized carbons (Fsp3) is 0.278. The number of rotatable bonds is 1. The summed E-state index contributed by atoms with van der Waals surface area (Å²) in [5, 5.41) is 19.5. The molecule has 6 heteroatoms. The van der Waals surface area contributed by atoms with Crippen molar-refractivity contribution in [3.05, 3.63) is 41.5 Å². The molecule has 2 aliphatic rings. The third-order valence-electron chi connectivity index (χ3n) is 4.04. The molecule has 0 fully saturated rings. The number of Topliss-reactive ketones (excluding diaryl/α,β-unsaturated/α-hetero) is 1. The summed E-state index contributed by atoms with van der Waals surface area (Å²) in [6.45, 7) is 3.63. The molecule has 24 heavy (non-hydrogen) atoms. The van der Waals surface area contributed by atoms with Crippen LogP contribution in [0.5, 0.6) is 28.7 Å². The van der Waals surface area contributed by atoms with Gasteiger partial charge in [-0.2, -0.15) is 0 Å². The van der Waals surface area contributed by atoms with E-state index in [0.29, 0.717) is 11.5 Å². The number of benzene rings is 2. The van der Waals surface area contributed by atoms with Gasteiger partial charge in [0, 0.05) is 26.0 Å². The van der Waals surface area contributed by atoms with E-state index in [9.17, 15) is 15.0 Å². The highest BCUT2D eigenvalue weighted by Crippen LogP contribution is 2.45.